The summed E-state index contributed by atoms with van der Waals surface area (Å²) in [6, 6.07) is 14.2. The standard InChI is InChI=1S/C19H19N3O4/c1-26-12-13-6-2-4-8-15(13)20-17(23)10-11-22-16-9-5-3-7-14(16)18(24)21-19(22)25/h2-9H,10-12H2,1H3,(H,20,23)(H,21,24,25). The number of aromatic amines is 1. The van der Waals surface area contributed by atoms with Gasteiger partial charge in [-0.3, -0.25) is 19.1 Å². The van der Waals surface area contributed by atoms with Crippen LogP contribution in [-0.2, 0) is 22.7 Å². The number of methoxy groups -OCH3 is 1. The van der Waals surface area contributed by atoms with Gasteiger partial charge in [-0.25, -0.2) is 4.79 Å². The highest BCUT2D eigenvalue weighted by Crippen LogP contribution is 2.16. The number of hydrogen-bond acceptors (Lipinski definition) is 4. The van der Waals surface area contributed by atoms with Gasteiger partial charge in [0.05, 0.1) is 17.5 Å². The van der Waals surface area contributed by atoms with Crippen molar-refractivity contribution in [2.75, 3.05) is 12.4 Å². The molecule has 0 fully saturated rings. The minimum atomic E-state index is -0.527. The summed E-state index contributed by atoms with van der Waals surface area (Å²) in [5, 5.41) is 3.25. The molecular formula is C19H19N3O4. The number of amides is 1. The number of carbonyl (C=O) groups is 1. The maximum absolute atomic E-state index is 12.3. The second-order valence-corrected chi connectivity index (χ2v) is 5.82. The van der Waals surface area contributed by atoms with E-state index in [0.717, 1.165) is 5.56 Å². The van der Waals surface area contributed by atoms with Gasteiger partial charge in [0.25, 0.3) is 5.56 Å². The van der Waals surface area contributed by atoms with E-state index in [0.29, 0.717) is 23.2 Å². The molecule has 0 saturated carbocycles. The first-order valence-electron chi connectivity index (χ1n) is 8.18. The molecule has 1 heterocycles. The van der Waals surface area contributed by atoms with Crippen LogP contribution in [-0.4, -0.2) is 22.6 Å². The summed E-state index contributed by atoms with van der Waals surface area (Å²) in [4.78, 5) is 38.6. The Morgan fingerprint density at radius 1 is 1.12 bits per heavy atom. The van der Waals surface area contributed by atoms with E-state index < -0.39 is 11.2 Å². The van der Waals surface area contributed by atoms with Gasteiger partial charge in [-0.05, 0) is 18.2 Å². The quantitative estimate of drug-likeness (QED) is 0.707. The predicted octanol–water partition coefficient (Wildman–Crippen LogP) is 1.86. The molecule has 3 aromatic rings. The number of aryl methyl sites for hydroxylation is 1. The number of carbonyl (C=O) groups excluding carboxylic acids is 1. The number of H-pyrrole nitrogens is 1. The highest BCUT2D eigenvalue weighted by atomic mass is 16.5. The van der Waals surface area contributed by atoms with Crippen molar-refractivity contribution in [2.45, 2.75) is 19.6 Å². The minimum Gasteiger partial charge on any atom is -0.380 e. The molecule has 2 N–H and O–H groups in total. The Hall–Kier alpha value is -3.19. The Bertz CT molecular complexity index is 1050. The Balaban J connectivity index is 1.78. The zero-order valence-corrected chi connectivity index (χ0v) is 14.3. The van der Waals surface area contributed by atoms with Crippen molar-refractivity contribution in [3.8, 4) is 0 Å². The van der Waals surface area contributed by atoms with Crippen molar-refractivity contribution in [1.29, 1.82) is 0 Å². The number of ether oxygens (including phenoxy) is 1. The first-order chi connectivity index (χ1) is 12.6. The monoisotopic (exact) mass is 353 g/mol. The van der Waals surface area contributed by atoms with Gasteiger partial charge in [0.15, 0.2) is 0 Å². The number of para-hydroxylation sites is 2. The Labute approximate surface area is 149 Å². The summed E-state index contributed by atoms with van der Waals surface area (Å²) in [6.07, 6.45) is 0.0945. The van der Waals surface area contributed by atoms with Crippen LogP contribution in [0.5, 0.6) is 0 Å². The van der Waals surface area contributed by atoms with Gasteiger partial charge in [-0.15, -0.1) is 0 Å². The maximum Gasteiger partial charge on any atom is 0.328 e. The number of nitrogens with one attached hydrogen (secondary N) is 2. The summed E-state index contributed by atoms with van der Waals surface area (Å²) in [7, 11) is 1.59. The third kappa shape index (κ3) is 3.73. The highest BCUT2D eigenvalue weighted by Gasteiger charge is 2.10. The Kier molecular flexibility index (Phi) is 5.28. The lowest BCUT2D eigenvalue weighted by Gasteiger charge is -2.12. The number of nitrogens with zero attached hydrogens (tertiary/aromatic N) is 1. The summed E-state index contributed by atoms with van der Waals surface area (Å²) < 4.78 is 6.52. The van der Waals surface area contributed by atoms with Crippen molar-refractivity contribution in [2.24, 2.45) is 0 Å². The number of rotatable bonds is 6. The first kappa shape index (κ1) is 17.6. The van der Waals surface area contributed by atoms with Gasteiger partial charge in [0, 0.05) is 31.3 Å². The van der Waals surface area contributed by atoms with Gasteiger partial charge < -0.3 is 10.1 Å². The summed E-state index contributed by atoms with van der Waals surface area (Å²) in [6.45, 7) is 0.550. The molecule has 7 heteroatoms. The third-order valence-electron chi connectivity index (χ3n) is 4.06. The normalized spacial score (nSPS) is 10.8. The second kappa shape index (κ2) is 7.79. The number of hydrogen-bond donors (Lipinski definition) is 2. The van der Waals surface area contributed by atoms with Crippen LogP contribution in [0, 0.1) is 0 Å². The van der Waals surface area contributed by atoms with Gasteiger partial charge >= 0.3 is 5.69 Å². The van der Waals surface area contributed by atoms with E-state index >= 15 is 0 Å². The zero-order chi connectivity index (χ0) is 18.5. The average molecular weight is 353 g/mol. The second-order valence-electron chi connectivity index (χ2n) is 5.82. The van der Waals surface area contributed by atoms with Gasteiger partial charge in [-0.2, -0.15) is 0 Å². The Morgan fingerprint density at radius 2 is 1.85 bits per heavy atom. The molecule has 3 rings (SSSR count). The molecule has 7 nitrogen and oxygen atoms in total. The predicted molar refractivity (Wildman–Crippen MR) is 99.2 cm³/mol. The van der Waals surface area contributed by atoms with Crippen LogP contribution in [0.1, 0.15) is 12.0 Å². The molecule has 0 aliphatic rings. The summed E-state index contributed by atoms with van der Waals surface area (Å²) in [5.41, 5.74) is 1.10. The fraction of sp³-hybridized carbons (Fsp3) is 0.211. The number of benzene rings is 2. The Morgan fingerprint density at radius 3 is 2.65 bits per heavy atom. The number of fused-ring (bicyclic) bond motifs is 1. The van der Waals surface area contributed by atoms with E-state index in [4.69, 9.17) is 4.74 Å². The molecule has 26 heavy (non-hydrogen) atoms. The lowest BCUT2D eigenvalue weighted by atomic mass is 10.2. The third-order valence-corrected chi connectivity index (χ3v) is 4.06. The van der Waals surface area contributed by atoms with Crippen molar-refractivity contribution >= 4 is 22.5 Å². The number of anilines is 1. The average Bonchev–Trinajstić information content (AvgIpc) is 2.63. The SMILES string of the molecule is COCc1ccccc1NC(=O)CCn1c(=O)[nH]c(=O)c2ccccc21. The van der Waals surface area contributed by atoms with Crippen molar-refractivity contribution in [3.05, 3.63) is 74.9 Å². The highest BCUT2D eigenvalue weighted by molar-refractivity contribution is 5.91. The van der Waals surface area contributed by atoms with Crippen LogP contribution < -0.4 is 16.6 Å². The smallest absolute Gasteiger partial charge is 0.328 e. The minimum absolute atomic E-state index is 0.0945. The molecule has 134 valence electrons. The van der Waals surface area contributed by atoms with Crippen LogP contribution in [0.3, 0.4) is 0 Å². The van der Waals surface area contributed by atoms with Gasteiger partial charge in [0.2, 0.25) is 5.91 Å². The molecule has 0 unspecified atom stereocenters. The van der Waals surface area contributed by atoms with E-state index in [2.05, 4.69) is 10.3 Å². The van der Waals surface area contributed by atoms with Crippen LogP contribution in [0.4, 0.5) is 5.69 Å². The lowest BCUT2D eigenvalue weighted by Crippen LogP contribution is -2.31. The molecule has 0 bridgehead atoms. The van der Waals surface area contributed by atoms with Crippen molar-refractivity contribution in [1.82, 2.24) is 9.55 Å². The van der Waals surface area contributed by atoms with Gasteiger partial charge in [-0.1, -0.05) is 30.3 Å². The molecule has 0 aliphatic carbocycles. The van der Waals surface area contributed by atoms with Crippen molar-refractivity contribution < 1.29 is 9.53 Å². The van der Waals surface area contributed by atoms with E-state index in [-0.39, 0.29) is 18.9 Å². The van der Waals surface area contributed by atoms with Gasteiger partial charge in [0.1, 0.15) is 0 Å². The van der Waals surface area contributed by atoms with E-state index in [1.54, 1.807) is 37.4 Å². The fourth-order valence-corrected chi connectivity index (χ4v) is 2.81. The van der Waals surface area contributed by atoms with Crippen LogP contribution in [0.2, 0.25) is 0 Å². The molecular weight excluding hydrogens is 334 g/mol. The molecule has 0 saturated heterocycles. The van der Waals surface area contributed by atoms with Crippen LogP contribution in [0.25, 0.3) is 10.9 Å². The summed E-state index contributed by atoms with van der Waals surface area (Å²) in [5.74, 6) is -0.226. The molecule has 1 amide bonds. The summed E-state index contributed by atoms with van der Waals surface area (Å²) >= 11 is 0. The maximum atomic E-state index is 12.3. The molecule has 1 aromatic heterocycles. The number of aromatic nitrogens is 2. The van der Waals surface area contributed by atoms with E-state index in [1.165, 1.54) is 4.57 Å². The molecule has 0 aliphatic heterocycles. The fourth-order valence-electron chi connectivity index (χ4n) is 2.81. The van der Waals surface area contributed by atoms with Crippen LogP contribution in [0.15, 0.2) is 58.1 Å². The van der Waals surface area contributed by atoms with E-state index in [9.17, 15) is 14.4 Å². The van der Waals surface area contributed by atoms with Crippen LogP contribution >= 0.6 is 0 Å². The molecule has 0 spiro atoms. The first-order valence-corrected chi connectivity index (χ1v) is 8.18. The molecule has 0 atom stereocenters. The topological polar surface area (TPSA) is 93.2 Å². The molecule has 0 radical (unpaired) electrons. The zero-order valence-electron chi connectivity index (χ0n) is 14.3. The molecule has 2 aromatic carbocycles. The van der Waals surface area contributed by atoms with Crippen molar-refractivity contribution in [3.63, 3.8) is 0 Å². The largest absolute Gasteiger partial charge is 0.380 e. The van der Waals surface area contributed by atoms with E-state index in [1.807, 2.05) is 18.2 Å². The lowest BCUT2D eigenvalue weighted by molar-refractivity contribution is -0.116.